The van der Waals surface area contributed by atoms with Gasteiger partial charge < -0.3 is 0 Å². The number of hydrogen-bond acceptors (Lipinski definition) is 4. The Morgan fingerprint density at radius 2 is 1.52 bits per heavy atom. The normalized spacial score (nSPS) is 21.8. The number of carbonyl (C=O) groups is 1. The fourth-order valence-corrected chi connectivity index (χ4v) is 6.82. The predicted octanol–water partition coefficient (Wildman–Crippen LogP) is 5.92. The molecule has 2 atom stereocenters. The zero-order chi connectivity index (χ0) is 15.1. The van der Waals surface area contributed by atoms with Gasteiger partial charge in [-0.05, 0) is 84.9 Å². The molecule has 1 aliphatic carbocycles. The third kappa shape index (κ3) is 1.56. The van der Waals surface area contributed by atoms with E-state index < -0.39 is 0 Å². The summed E-state index contributed by atoms with van der Waals surface area (Å²) in [5.74, 6) is -0.0919. The minimum Gasteiger partial charge on any atom is -0.286 e. The standard InChI is InChI=1S/C19H10OS3/c20-19-17-12-4-10-7-21-8-11(10)5-15(12)18(23-19)14-3-9-1-2-22-16(9)6-13(14)17/h1-8,17-18H. The first-order valence-electron chi connectivity index (χ1n) is 7.51. The summed E-state index contributed by atoms with van der Waals surface area (Å²) < 4.78 is 1.28. The van der Waals surface area contributed by atoms with Gasteiger partial charge in [-0.25, -0.2) is 0 Å². The van der Waals surface area contributed by atoms with Gasteiger partial charge >= 0.3 is 0 Å². The lowest BCUT2D eigenvalue weighted by molar-refractivity contribution is -0.111. The van der Waals surface area contributed by atoms with E-state index in [0.29, 0.717) is 5.12 Å². The number of fused-ring (bicyclic) bond motifs is 3. The molecule has 0 fully saturated rings. The van der Waals surface area contributed by atoms with E-state index in [4.69, 9.17) is 0 Å². The van der Waals surface area contributed by atoms with Crippen molar-refractivity contribution in [2.45, 2.75) is 11.2 Å². The lowest BCUT2D eigenvalue weighted by atomic mass is 9.77. The highest BCUT2D eigenvalue weighted by Crippen LogP contribution is 2.57. The van der Waals surface area contributed by atoms with Gasteiger partial charge in [0, 0.05) is 4.70 Å². The Labute approximate surface area is 145 Å². The van der Waals surface area contributed by atoms with Gasteiger partial charge in [0.1, 0.15) is 0 Å². The van der Waals surface area contributed by atoms with E-state index >= 15 is 0 Å². The van der Waals surface area contributed by atoms with E-state index in [1.54, 1.807) is 22.7 Å². The summed E-state index contributed by atoms with van der Waals surface area (Å²) in [5, 5.41) is 10.8. The van der Waals surface area contributed by atoms with Gasteiger partial charge in [0.2, 0.25) is 5.12 Å². The van der Waals surface area contributed by atoms with Crippen molar-refractivity contribution in [3.05, 3.63) is 68.7 Å². The van der Waals surface area contributed by atoms with Gasteiger partial charge in [-0.15, -0.1) is 11.3 Å². The number of hydrogen-bond donors (Lipinski definition) is 0. The first kappa shape index (κ1) is 12.8. The SMILES string of the molecule is O=C1SC2c3cc4cscc4cc3C1c1cc3sccc3cc12. The summed E-state index contributed by atoms with van der Waals surface area (Å²) in [5.41, 5.74) is 5.14. The van der Waals surface area contributed by atoms with Gasteiger partial charge in [-0.1, -0.05) is 11.8 Å². The molecule has 0 saturated carbocycles. The Morgan fingerprint density at radius 1 is 0.826 bits per heavy atom. The van der Waals surface area contributed by atoms with E-state index in [2.05, 4.69) is 46.5 Å². The van der Waals surface area contributed by atoms with Crippen molar-refractivity contribution in [3.63, 3.8) is 0 Å². The van der Waals surface area contributed by atoms with Crippen LogP contribution in [0.3, 0.4) is 0 Å². The number of carbonyl (C=O) groups excluding carboxylic acids is 1. The molecule has 110 valence electrons. The van der Waals surface area contributed by atoms with Crippen molar-refractivity contribution >= 4 is 60.4 Å². The monoisotopic (exact) mass is 350 g/mol. The van der Waals surface area contributed by atoms with Crippen LogP contribution in [-0.4, -0.2) is 5.12 Å². The lowest BCUT2D eigenvalue weighted by Crippen LogP contribution is -2.28. The summed E-state index contributed by atoms with van der Waals surface area (Å²) in [7, 11) is 0. The van der Waals surface area contributed by atoms with Gasteiger partial charge in [0.05, 0.1) is 11.2 Å². The maximum absolute atomic E-state index is 12.7. The summed E-state index contributed by atoms with van der Waals surface area (Å²) in [6, 6.07) is 11.3. The molecule has 0 N–H and O–H groups in total. The minimum atomic E-state index is -0.0919. The quantitative estimate of drug-likeness (QED) is 0.391. The Morgan fingerprint density at radius 3 is 2.35 bits per heavy atom. The highest BCUT2D eigenvalue weighted by atomic mass is 32.2. The van der Waals surface area contributed by atoms with Crippen LogP contribution in [0.4, 0.5) is 0 Å². The van der Waals surface area contributed by atoms with Gasteiger partial charge in [0.15, 0.2) is 0 Å². The highest BCUT2D eigenvalue weighted by molar-refractivity contribution is 8.14. The smallest absolute Gasteiger partial charge is 0.201 e. The molecular weight excluding hydrogens is 340 g/mol. The van der Waals surface area contributed by atoms with Crippen LogP contribution in [0.2, 0.25) is 0 Å². The maximum Gasteiger partial charge on any atom is 0.201 e. The second kappa shape index (κ2) is 4.26. The molecule has 2 unspecified atom stereocenters. The largest absolute Gasteiger partial charge is 0.286 e. The molecule has 4 aromatic rings. The molecule has 0 spiro atoms. The minimum absolute atomic E-state index is 0.0919. The topological polar surface area (TPSA) is 17.1 Å². The molecule has 2 bridgehead atoms. The fraction of sp³-hybridized carbons (Fsp3) is 0.105. The second-order valence-corrected chi connectivity index (χ2v) is 8.97. The lowest BCUT2D eigenvalue weighted by Gasteiger charge is -2.38. The molecule has 0 amide bonds. The van der Waals surface area contributed by atoms with E-state index in [1.807, 2.05) is 0 Å². The average Bonchev–Trinajstić information content (AvgIpc) is 3.19. The third-order valence-electron chi connectivity index (χ3n) is 4.99. The predicted molar refractivity (Wildman–Crippen MR) is 99.9 cm³/mol. The number of benzene rings is 2. The van der Waals surface area contributed by atoms with Crippen LogP contribution in [-0.2, 0) is 4.79 Å². The fourth-order valence-electron chi connectivity index (χ4n) is 3.95. The summed E-state index contributed by atoms with van der Waals surface area (Å²) in [6.07, 6.45) is 0. The van der Waals surface area contributed by atoms with Crippen LogP contribution in [0.5, 0.6) is 0 Å². The molecular formula is C19H10OS3. The van der Waals surface area contributed by atoms with Crippen LogP contribution < -0.4 is 0 Å². The van der Waals surface area contributed by atoms with E-state index in [0.717, 1.165) is 0 Å². The van der Waals surface area contributed by atoms with Crippen molar-refractivity contribution in [1.29, 1.82) is 0 Å². The van der Waals surface area contributed by atoms with Gasteiger partial charge in [-0.3, -0.25) is 4.79 Å². The maximum atomic E-state index is 12.7. The summed E-state index contributed by atoms with van der Waals surface area (Å²) in [4.78, 5) is 12.7. The van der Waals surface area contributed by atoms with E-state index in [9.17, 15) is 4.79 Å². The van der Waals surface area contributed by atoms with Crippen LogP contribution in [0.15, 0.2) is 46.5 Å². The zero-order valence-corrected chi connectivity index (χ0v) is 14.4. The second-order valence-electron chi connectivity index (χ2n) is 6.17. The van der Waals surface area contributed by atoms with Crippen LogP contribution in [0.25, 0.3) is 20.9 Å². The molecule has 1 nitrogen and oxygen atoms in total. The average molecular weight is 350 g/mol. The zero-order valence-electron chi connectivity index (χ0n) is 11.9. The van der Waals surface area contributed by atoms with Crippen LogP contribution >= 0.6 is 34.4 Å². The van der Waals surface area contributed by atoms with Crippen molar-refractivity contribution in [2.75, 3.05) is 0 Å². The molecule has 4 heterocycles. The number of thiophene rings is 2. The highest BCUT2D eigenvalue weighted by Gasteiger charge is 2.43. The van der Waals surface area contributed by atoms with Crippen LogP contribution in [0.1, 0.15) is 33.4 Å². The molecule has 0 radical (unpaired) electrons. The molecule has 4 heteroatoms. The molecule has 2 aromatic carbocycles. The van der Waals surface area contributed by atoms with E-state index in [-0.39, 0.29) is 11.2 Å². The molecule has 2 aromatic heterocycles. The van der Waals surface area contributed by atoms with Crippen molar-refractivity contribution in [2.24, 2.45) is 0 Å². The Balaban J connectivity index is 1.73. The van der Waals surface area contributed by atoms with Crippen LogP contribution in [0, 0.1) is 0 Å². The third-order valence-corrected chi connectivity index (χ3v) is 7.86. The molecule has 0 saturated heterocycles. The summed E-state index contributed by atoms with van der Waals surface area (Å²) >= 11 is 5.00. The molecule has 23 heavy (non-hydrogen) atoms. The van der Waals surface area contributed by atoms with E-state index in [1.165, 1.54) is 54.9 Å². The van der Waals surface area contributed by atoms with Crippen molar-refractivity contribution in [1.82, 2.24) is 0 Å². The van der Waals surface area contributed by atoms with Crippen molar-refractivity contribution in [3.8, 4) is 0 Å². The number of thioether (sulfide) groups is 1. The number of rotatable bonds is 0. The molecule has 7 rings (SSSR count). The van der Waals surface area contributed by atoms with Gasteiger partial charge in [-0.2, -0.15) is 11.3 Å². The Bertz CT molecular complexity index is 1050. The Kier molecular flexibility index (Phi) is 2.36. The van der Waals surface area contributed by atoms with Crippen molar-refractivity contribution < 1.29 is 4.79 Å². The van der Waals surface area contributed by atoms with Gasteiger partial charge in [0.25, 0.3) is 0 Å². The summed E-state index contributed by atoms with van der Waals surface area (Å²) in [6.45, 7) is 0. The molecule has 3 aliphatic rings. The first-order valence-corrected chi connectivity index (χ1v) is 10.2. The molecule has 2 aliphatic heterocycles. The Hall–Kier alpha value is -1.62. The first-order chi connectivity index (χ1) is 11.3.